The number of benzene rings is 1. The molecule has 0 unspecified atom stereocenters. The van der Waals surface area contributed by atoms with Gasteiger partial charge in [0.15, 0.2) is 0 Å². The van der Waals surface area contributed by atoms with Crippen molar-refractivity contribution < 1.29 is 18.0 Å². The molecule has 0 saturated heterocycles. The fraction of sp³-hybridized carbons (Fsp3) is 0.167. The van der Waals surface area contributed by atoms with Crippen LogP contribution in [-0.2, 0) is 11.0 Å². The van der Waals surface area contributed by atoms with Gasteiger partial charge in [-0.1, -0.05) is 12.1 Å². The van der Waals surface area contributed by atoms with Gasteiger partial charge in [0, 0.05) is 7.05 Å². The van der Waals surface area contributed by atoms with Gasteiger partial charge in [-0.05, 0) is 23.8 Å². The van der Waals surface area contributed by atoms with Gasteiger partial charge in [0.1, 0.15) is 11.6 Å². The molecule has 0 bridgehead atoms. The number of hydrogen-bond acceptors (Lipinski definition) is 2. The first-order valence-electron chi connectivity index (χ1n) is 4.89. The molecule has 1 aromatic rings. The monoisotopic (exact) mass is 254 g/mol. The Morgan fingerprint density at radius 2 is 1.89 bits per heavy atom. The maximum atomic E-state index is 12.3. The van der Waals surface area contributed by atoms with Crippen LogP contribution in [0.2, 0.25) is 0 Å². The lowest BCUT2D eigenvalue weighted by molar-refractivity contribution is -0.137. The highest BCUT2D eigenvalue weighted by atomic mass is 19.4. The maximum Gasteiger partial charge on any atom is 0.416 e. The SMILES string of the molecule is CNC(=O)/C(C#N)=C/c1ccc(C(F)(F)F)cc1. The molecule has 1 N–H and O–H groups in total. The summed E-state index contributed by atoms with van der Waals surface area (Å²) in [5, 5.41) is 11.0. The molecule has 0 radical (unpaired) electrons. The molecule has 0 aliphatic heterocycles. The lowest BCUT2D eigenvalue weighted by Crippen LogP contribution is -2.19. The third-order valence-electron chi connectivity index (χ3n) is 2.14. The summed E-state index contributed by atoms with van der Waals surface area (Å²) < 4.78 is 36.9. The van der Waals surface area contributed by atoms with E-state index in [1.807, 2.05) is 0 Å². The molecule has 0 aromatic heterocycles. The topological polar surface area (TPSA) is 52.9 Å². The highest BCUT2D eigenvalue weighted by Crippen LogP contribution is 2.29. The van der Waals surface area contributed by atoms with Crippen molar-refractivity contribution in [3.63, 3.8) is 0 Å². The average molecular weight is 254 g/mol. The lowest BCUT2D eigenvalue weighted by atomic mass is 10.1. The summed E-state index contributed by atoms with van der Waals surface area (Å²) in [5.41, 5.74) is -0.599. The summed E-state index contributed by atoms with van der Waals surface area (Å²) in [5.74, 6) is -0.586. The number of halogens is 3. The molecular weight excluding hydrogens is 245 g/mol. The molecule has 6 heteroatoms. The standard InChI is InChI=1S/C12H9F3N2O/c1-17-11(18)9(7-16)6-8-2-4-10(5-3-8)12(13,14)15/h2-6H,1H3,(H,17,18)/b9-6+. The summed E-state index contributed by atoms with van der Waals surface area (Å²) in [6.07, 6.45) is -3.18. The van der Waals surface area contributed by atoms with Gasteiger partial charge >= 0.3 is 6.18 Å². The number of hydrogen-bond donors (Lipinski definition) is 1. The fourth-order valence-electron chi connectivity index (χ4n) is 1.22. The first-order chi connectivity index (χ1) is 8.38. The molecule has 0 atom stereocenters. The van der Waals surface area contributed by atoms with Crippen LogP contribution in [0, 0.1) is 11.3 Å². The zero-order valence-electron chi connectivity index (χ0n) is 9.38. The number of nitrogens with zero attached hydrogens (tertiary/aromatic N) is 1. The molecule has 0 aliphatic carbocycles. The molecule has 0 saturated carbocycles. The van der Waals surface area contributed by atoms with Crippen LogP contribution in [0.15, 0.2) is 29.8 Å². The average Bonchev–Trinajstić information content (AvgIpc) is 2.34. The van der Waals surface area contributed by atoms with E-state index in [0.29, 0.717) is 5.56 Å². The fourth-order valence-corrected chi connectivity index (χ4v) is 1.22. The Kier molecular flexibility index (Phi) is 4.10. The van der Waals surface area contributed by atoms with E-state index < -0.39 is 17.6 Å². The van der Waals surface area contributed by atoms with E-state index in [9.17, 15) is 18.0 Å². The van der Waals surface area contributed by atoms with Crippen LogP contribution < -0.4 is 5.32 Å². The molecule has 0 fully saturated rings. The summed E-state index contributed by atoms with van der Waals surface area (Å²) in [7, 11) is 1.36. The molecule has 1 rings (SSSR count). The predicted molar refractivity (Wildman–Crippen MR) is 59.1 cm³/mol. The largest absolute Gasteiger partial charge is 0.416 e. The van der Waals surface area contributed by atoms with Crippen LogP contribution in [0.3, 0.4) is 0 Å². The minimum absolute atomic E-state index is 0.169. The Morgan fingerprint density at radius 1 is 1.33 bits per heavy atom. The third-order valence-corrected chi connectivity index (χ3v) is 2.14. The van der Waals surface area contributed by atoms with Gasteiger partial charge in [0.25, 0.3) is 5.91 Å². The minimum atomic E-state index is -4.40. The molecule has 0 spiro atoms. The van der Waals surface area contributed by atoms with Crippen LogP contribution in [0.1, 0.15) is 11.1 Å². The van der Waals surface area contributed by atoms with Crippen LogP contribution in [0.25, 0.3) is 6.08 Å². The number of likely N-dealkylation sites (N-methyl/N-ethyl adjacent to an activating group) is 1. The van der Waals surface area contributed by atoms with Crippen LogP contribution in [-0.4, -0.2) is 13.0 Å². The summed E-state index contributed by atoms with van der Waals surface area (Å²) in [6, 6.07) is 5.86. The van der Waals surface area contributed by atoms with Gasteiger partial charge in [0.05, 0.1) is 5.56 Å². The van der Waals surface area contributed by atoms with Crippen LogP contribution in [0.4, 0.5) is 13.2 Å². The third kappa shape index (κ3) is 3.35. The van der Waals surface area contributed by atoms with Crippen molar-refractivity contribution in [1.29, 1.82) is 5.26 Å². The number of nitriles is 1. The Morgan fingerprint density at radius 3 is 2.28 bits per heavy atom. The number of carbonyl (C=O) groups excluding carboxylic acids is 1. The maximum absolute atomic E-state index is 12.3. The summed E-state index contributed by atoms with van der Waals surface area (Å²) >= 11 is 0. The zero-order chi connectivity index (χ0) is 13.8. The number of amides is 1. The zero-order valence-corrected chi connectivity index (χ0v) is 9.38. The van der Waals surface area contributed by atoms with E-state index in [1.165, 1.54) is 25.3 Å². The summed E-state index contributed by atoms with van der Waals surface area (Å²) in [6.45, 7) is 0. The van der Waals surface area contributed by atoms with Crippen molar-refractivity contribution in [3.8, 4) is 6.07 Å². The quantitative estimate of drug-likeness (QED) is 0.650. The second-order valence-electron chi connectivity index (χ2n) is 3.37. The van der Waals surface area contributed by atoms with Crippen molar-refractivity contribution >= 4 is 12.0 Å². The van der Waals surface area contributed by atoms with Crippen LogP contribution in [0.5, 0.6) is 0 Å². The van der Waals surface area contributed by atoms with Crippen molar-refractivity contribution in [1.82, 2.24) is 5.32 Å². The van der Waals surface area contributed by atoms with E-state index >= 15 is 0 Å². The molecule has 1 aromatic carbocycles. The lowest BCUT2D eigenvalue weighted by Gasteiger charge is -2.06. The number of alkyl halides is 3. The number of nitrogens with one attached hydrogen (secondary N) is 1. The van der Waals surface area contributed by atoms with Gasteiger partial charge in [-0.2, -0.15) is 18.4 Å². The van der Waals surface area contributed by atoms with E-state index in [-0.39, 0.29) is 5.57 Å². The molecule has 18 heavy (non-hydrogen) atoms. The molecule has 3 nitrogen and oxygen atoms in total. The Hall–Kier alpha value is -2.29. The van der Waals surface area contributed by atoms with E-state index in [4.69, 9.17) is 5.26 Å². The Balaban J connectivity index is 3.03. The summed E-state index contributed by atoms with van der Waals surface area (Å²) in [4.78, 5) is 11.2. The number of rotatable bonds is 2. The normalized spacial score (nSPS) is 11.8. The van der Waals surface area contributed by atoms with Gasteiger partial charge in [-0.3, -0.25) is 4.79 Å². The van der Waals surface area contributed by atoms with Crippen molar-refractivity contribution in [2.24, 2.45) is 0 Å². The second kappa shape index (κ2) is 5.36. The second-order valence-corrected chi connectivity index (χ2v) is 3.37. The molecule has 94 valence electrons. The van der Waals surface area contributed by atoms with Gasteiger partial charge < -0.3 is 5.32 Å². The highest BCUT2D eigenvalue weighted by Gasteiger charge is 2.29. The minimum Gasteiger partial charge on any atom is -0.354 e. The molecule has 1 amide bonds. The first-order valence-corrected chi connectivity index (χ1v) is 4.89. The Bertz CT molecular complexity index is 510. The molecular formula is C12H9F3N2O. The van der Waals surface area contributed by atoms with Gasteiger partial charge in [-0.25, -0.2) is 0 Å². The number of carbonyl (C=O) groups is 1. The van der Waals surface area contributed by atoms with Gasteiger partial charge in [-0.15, -0.1) is 0 Å². The highest BCUT2D eigenvalue weighted by molar-refractivity contribution is 6.01. The van der Waals surface area contributed by atoms with Crippen molar-refractivity contribution in [2.75, 3.05) is 7.05 Å². The molecule has 0 heterocycles. The van der Waals surface area contributed by atoms with E-state index in [2.05, 4.69) is 5.32 Å². The molecule has 0 aliphatic rings. The van der Waals surface area contributed by atoms with E-state index in [1.54, 1.807) is 6.07 Å². The van der Waals surface area contributed by atoms with E-state index in [0.717, 1.165) is 12.1 Å². The smallest absolute Gasteiger partial charge is 0.354 e. The first kappa shape index (κ1) is 13.8. The van der Waals surface area contributed by atoms with Crippen LogP contribution >= 0.6 is 0 Å². The predicted octanol–water partition coefficient (Wildman–Crippen LogP) is 2.36. The Labute approximate surface area is 102 Å². The van der Waals surface area contributed by atoms with Crippen molar-refractivity contribution in [2.45, 2.75) is 6.18 Å². The van der Waals surface area contributed by atoms with Crippen molar-refractivity contribution in [3.05, 3.63) is 41.0 Å². The van der Waals surface area contributed by atoms with Gasteiger partial charge in [0.2, 0.25) is 0 Å².